The van der Waals surface area contributed by atoms with E-state index in [1.165, 1.54) is 19.4 Å². The van der Waals surface area contributed by atoms with Gasteiger partial charge in [-0.2, -0.15) is 0 Å². The van der Waals surface area contributed by atoms with Crippen LogP contribution in [0.3, 0.4) is 0 Å². The van der Waals surface area contributed by atoms with E-state index in [0.717, 1.165) is 12.1 Å². The van der Waals surface area contributed by atoms with E-state index in [-0.39, 0.29) is 5.78 Å². The van der Waals surface area contributed by atoms with Crippen molar-refractivity contribution < 1.29 is 4.79 Å². The third kappa shape index (κ3) is 23.9. The number of benzene rings is 1. The average molecular weight is 290 g/mol. The average Bonchev–Trinajstić information content (AvgIpc) is 2.50. The molecule has 1 aromatic rings. The Balaban J connectivity index is -0.000000343. The van der Waals surface area contributed by atoms with Gasteiger partial charge in [0.2, 0.25) is 0 Å². The predicted molar refractivity (Wildman–Crippen MR) is 96.4 cm³/mol. The summed E-state index contributed by atoms with van der Waals surface area (Å²) in [5.41, 5.74) is 2.37. The second-order valence-electron chi connectivity index (χ2n) is 3.81. The molecule has 0 bridgehead atoms. The van der Waals surface area contributed by atoms with Gasteiger partial charge in [0.05, 0.1) is 0 Å². The topological polar surface area (TPSA) is 41.8 Å². The van der Waals surface area contributed by atoms with Gasteiger partial charge in [-0.1, -0.05) is 27.7 Å². The molecule has 0 spiro atoms. The van der Waals surface area contributed by atoms with E-state index in [1.807, 2.05) is 52.8 Å². The first-order valence-electron chi connectivity index (χ1n) is 7.51. The molecule has 0 unspecified atom stereocenters. The van der Waals surface area contributed by atoms with Crippen LogP contribution in [0.2, 0.25) is 0 Å². The van der Waals surface area contributed by atoms with Gasteiger partial charge in [-0.25, -0.2) is 0 Å². The van der Waals surface area contributed by atoms with Crippen molar-refractivity contribution in [2.75, 3.05) is 7.05 Å². The summed E-state index contributed by atoms with van der Waals surface area (Å²) in [5.74, 6) is 0.167. The zero-order chi connectivity index (χ0) is 17.1. The molecule has 118 valence electrons. The van der Waals surface area contributed by atoms with Gasteiger partial charge in [-0.15, -0.1) is 0 Å². The van der Waals surface area contributed by atoms with Crippen LogP contribution in [-0.2, 0) is 11.2 Å². The van der Waals surface area contributed by atoms with Crippen molar-refractivity contribution in [1.29, 1.82) is 0 Å². The molecule has 3 nitrogen and oxygen atoms in total. The minimum atomic E-state index is 0.167. The standard InChI is InChI=1S/C10H13BN2.C3H6O.2C2H6/c1-9(13-11-12-2)8-10-6-4-3-5-7-10;1-3(2)4;2*1-2/h3-7H,8H2,1-2H3;1-2H3;2*1-2H3/b13-9+;;;. The fourth-order valence-corrected chi connectivity index (χ4v) is 1.09. The van der Waals surface area contributed by atoms with Crippen molar-refractivity contribution in [2.24, 2.45) is 9.80 Å². The minimum absolute atomic E-state index is 0.167. The molecular formula is C17H31BN2O. The summed E-state index contributed by atoms with van der Waals surface area (Å²) in [5, 5.41) is 0. The molecule has 0 aromatic heterocycles. The predicted octanol–water partition coefficient (Wildman–Crippen LogP) is 4.77. The van der Waals surface area contributed by atoms with E-state index in [9.17, 15) is 4.79 Å². The number of nitrogens with zero attached hydrogens (tertiary/aromatic N) is 2. The van der Waals surface area contributed by atoms with Crippen molar-refractivity contribution in [3.05, 3.63) is 35.9 Å². The summed E-state index contributed by atoms with van der Waals surface area (Å²) in [6.07, 6.45) is 0.896. The Bertz CT molecular complexity index is 383. The molecular weight excluding hydrogens is 259 g/mol. The summed E-state index contributed by atoms with van der Waals surface area (Å²) in [7, 11) is 3.30. The molecule has 0 aliphatic heterocycles. The fraction of sp³-hybridized carbons (Fsp3) is 0.529. The molecule has 0 radical (unpaired) electrons. The van der Waals surface area contributed by atoms with Crippen LogP contribution in [0.15, 0.2) is 40.1 Å². The molecule has 1 rings (SSSR count). The Morgan fingerprint density at radius 2 is 1.43 bits per heavy atom. The normalized spacial score (nSPS) is 9.05. The molecule has 0 saturated heterocycles. The van der Waals surface area contributed by atoms with Crippen LogP contribution >= 0.6 is 0 Å². The summed E-state index contributed by atoms with van der Waals surface area (Å²) in [4.78, 5) is 17.4. The molecule has 0 amide bonds. The Labute approximate surface area is 131 Å². The third-order valence-corrected chi connectivity index (χ3v) is 1.70. The van der Waals surface area contributed by atoms with E-state index in [4.69, 9.17) is 0 Å². The number of carbonyl (C=O) groups excluding carboxylic acids is 1. The Hall–Kier alpha value is -1.58. The van der Waals surface area contributed by atoms with Crippen molar-refractivity contribution in [3.8, 4) is 0 Å². The summed E-state index contributed by atoms with van der Waals surface area (Å²) >= 11 is 0. The first kappa shape index (κ1) is 24.4. The second kappa shape index (κ2) is 20.7. The van der Waals surface area contributed by atoms with Gasteiger partial charge >= 0.3 is 79.0 Å². The molecule has 0 aliphatic rings. The van der Waals surface area contributed by atoms with E-state index in [2.05, 4.69) is 21.9 Å². The SMILES string of the molecule is CC.CC.CC(C)=O.CN=B/N=C(\C)Cc1ccccc1. The quantitative estimate of drug-likeness (QED) is 0.584. The Morgan fingerprint density at radius 1 is 1.00 bits per heavy atom. The van der Waals surface area contributed by atoms with Gasteiger partial charge < -0.3 is 4.79 Å². The molecule has 1 aromatic carbocycles. The van der Waals surface area contributed by atoms with Gasteiger partial charge in [0.15, 0.2) is 0 Å². The number of Topliss-reactive ketones (excluding diaryl/α,β-unsaturated/α-hetero) is 1. The number of hydrogen-bond donors (Lipinski definition) is 0. The maximum atomic E-state index is 9.44. The van der Waals surface area contributed by atoms with Gasteiger partial charge in [0.1, 0.15) is 5.78 Å². The monoisotopic (exact) mass is 290 g/mol. The molecule has 0 aliphatic carbocycles. The molecule has 0 fully saturated rings. The number of hydrogen-bond acceptors (Lipinski definition) is 2. The van der Waals surface area contributed by atoms with Crippen LogP contribution in [0.4, 0.5) is 0 Å². The van der Waals surface area contributed by atoms with Gasteiger partial charge in [-0.3, -0.25) is 0 Å². The number of rotatable bonds is 3. The second-order valence-corrected chi connectivity index (χ2v) is 3.81. The molecule has 0 heterocycles. The molecule has 0 atom stereocenters. The van der Waals surface area contributed by atoms with Crippen LogP contribution in [0.5, 0.6) is 0 Å². The zero-order valence-electron chi connectivity index (χ0n) is 15.0. The van der Waals surface area contributed by atoms with E-state index in [0.29, 0.717) is 0 Å². The van der Waals surface area contributed by atoms with Crippen LogP contribution < -0.4 is 0 Å². The number of carbonyl (C=O) groups is 1. The summed E-state index contributed by atoms with van der Waals surface area (Å²) in [6, 6.07) is 10.3. The summed E-state index contributed by atoms with van der Waals surface area (Å²) in [6.45, 7) is 13.1. The first-order chi connectivity index (χ1) is 10.1. The van der Waals surface area contributed by atoms with Crippen LogP contribution in [0, 0.1) is 0 Å². The molecule has 4 heteroatoms. The number of ketones is 1. The van der Waals surface area contributed by atoms with Crippen molar-refractivity contribution in [1.82, 2.24) is 0 Å². The van der Waals surface area contributed by atoms with Crippen LogP contribution in [-0.4, -0.2) is 25.7 Å². The third-order valence-electron chi connectivity index (χ3n) is 1.70. The zero-order valence-corrected chi connectivity index (χ0v) is 15.0. The maximum absolute atomic E-state index is 9.44. The molecule has 0 saturated carbocycles. The van der Waals surface area contributed by atoms with Gasteiger partial charge in [-0.05, 0) is 13.8 Å². The van der Waals surface area contributed by atoms with Gasteiger partial charge in [0, 0.05) is 0 Å². The molecule has 0 N–H and O–H groups in total. The Kier molecular flexibility index (Phi) is 24.1. The Morgan fingerprint density at radius 3 is 1.81 bits per heavy atom. The van der Waals surface area contributed by atoms with Crippen molar-refractivity contribution >= 4 is 18.7 Å². The van der Waals surface area contributed by atoms with Gasteiger partial charge in [0.25, 0.3) is 0 Å². The van der Waals surface area contributed by atoms with E-state index >= 15 is 0 Å². The fourth-order valence-electron chi connectivity index (χ4n) is 1.09. The molecule has 21 heavy (non-hydrogen) atoms. The van der Waals surface area contributed by atoms with Crippen molar-refractivity contribution in [2.45, 2.75) is 54.9 Å². The van der Waals surface area contributed by atoms with E-state index < -0.39 is 0 Å². The first-order valence-corrected chi connectivity index (χ1v) is 7.51. The van der Waals surface area contributed by atoms with Crippen LogP contribution in [0.25, 0.3) is 0 Å². The van der Waals surface area contributed by atoms with E-state index in [1.54, 1.807) is 14.3 Å². The van der Waals surface area contributed by atoms with Crippen molar-refractivity contribution in [3.63, 3.8) is 0 Å². The summed E-state index contributed by atoms with van der Waals surface area (Å²) < 4.78 is 0. The van der Waals surface area contributed by atoms with Crippen LogP contribution in [0.1, 0.15) is 54.0 Å².